The molecule has 0 radical (unpaired) electrons. The van der Waals surface area contributed by atoms with E-state index in [2.05, 4.69) is 29.9 Å². The molecule has 4 aromatic heterocycles. The molecule has 0 spiro atoms. The Balaban J connectivity index is 0.000000238. The lowest BCUT2D eigenvalue weighted by Gasteiger charge is -2.28. The number of halogens is 6. The number of hydrogen-bond donors (Lipinski definition) is 1. The van der Waals surface area contributed by atoms with Crippen LogP contribution in [0, 0.1) is 0 Å². The molecule has 0 atom stereocenters. The van der Waals surface area contributed by atoms with Crippen molar-refractivity contribution in [2.45, 2.75) is 55.0 Å². The Morgan fingerprint density at radius 1 is 0.631 bits per heavy atom. The van der Waals surface area contributed by atoms with Gasteiger partial charge >= 0.3 is 12.4 Å². The summed E-state index contributed by atoms with van der Waals surface area (Å²) in [5.74, 6) is 0.335. The minimum absolute atomic E-state index is 0. The van der Waals surface area contributed by atoms with Gasteiger partial charge in [0.2, 0.25) is 17.7 Å². The molecule has 2 saturated carbocycles. The standard InChI is InChI=1S/C21H27F3N5O3S.C18H20F3N5O3S.CH4.H2S/c1-29(2,3)18-11-15(21(22,23)24)14(13-25-18)16-12-17(20(5-6-20)33(4,30)31)27-19(26-16)28-7-9-32-10-8-28;1-30(27,28)17(2-3-17)14-9-13(24-16(25-14)26-4-6-29-7-5-26)11-10-23-15(22)8-12(11)18(19,20)21;;/h11-13H,5-10H2,1-4H3;8-10H,2-7H2,1H3,(H2,22,23);1H4;1H2/q+1;;;/p-1. The van der Waals surface area contributed by atoms with Gasteiger partial charge in [-0.3, -0.25) is 4.48 Å². The van der Waals surface area contributed by atoms with Crippen molar-refractivity contribution >= 4 is 56.7 Å². The Bertz CT molecular complexity index is 2610. The summed E-state index contributed by atoms with van der Waals surface area (Å²) in [6, 6.07) is 4.46. The molecular formula is C40H52F6N10O6S3. The van der Waals surface area contributed by atoms with Gasteiger partial charge in [0.15, 0.2) is 19.7 Å². The SMILES string of the molecule is C.CS(=O)(=O)C1(c2cc(-c3cnc(N)cc3C(F)(F)F)nc(N3CCOCC3)n2)CC1.C[N+](C)(C)c1cc(C(F)(F)F)c(-c2cc(C3(S(C)(=O)=O)CC3)nc(N3CCOCC3)n2)cn1.[SH-]. The highest BCUT2D eigenvalue weighted by molar-refractivity contribution is 7.92. The Morgan fingerprint density at radius 3 is 1.34 bits per heavy atom. The molecule has 16 nitrogen and oxygen atoms in total. The van der Waals surface area contributed by atoms with Gasteiger partial charge in [-0.05, 0) is 43.9 Å². The number of rotatable bonds is 9. The van der Waals surface area contributed by atoms with Gasteiger partial charge < -0.3 is 38.5 Å². The summed E-state index contributed by atoms with van der Waals surface area (Å²) in [5.41, 5.74) is 3.50. The van der Waals surface area contributed by atoms with E-state index in [9.17, 15) is 43.2 Å². The number of nitrogen functional groups attached to an aromatic ring is 1. The number of thiol groups is 1. The maximum atomic E-state index is 14.1. The fourth-order valence-corrected chi connectivity index (χ4v) is 10.1. The van der Waals surface area contributed by atoms with Crippen molar-refractivity contribution in [2.24, 2.45) is 0 Å². The number of ether oxygens (including phenoxy) is 2. The highest BCUT2D eigenvalue weighted by Crippen LogP contribution is 2.54. The van der Waals surface area contributed by atoms with Crippen molar-refractivity contribution in [3.63, 3.8) is 0 Å². The van der Waals surface area contributed by atoms with E-state index in [-0.39, 0.29) is 82.8 Å². The number of aromatic nitrogens is 6. The second-order valence-corrected chi connectivity index (χ2v) is 21.5. The lowest BCUT2D eigenvalue weighted by atomic mass is 10.0. The highest BCUT2D eigenvalue weighted by atomic mass is 32.2. The van der Waals surface area contributed by atoms with Crippen molar-refractivity contribution in [1.82, 2.24) is 34.4 Å². The van der Waals surface area contributed by atoms with Gasteiger partial charge in [-0.1, -0.05) is 7.43 Å². The van der Waals surface area contributed by atoms with Gasteiger partial charge in [0.25, 0.3) is 0 Å². The summed E-state index contributed by atoms with van der Waals surface area (Å²) >= 11 is 0. The van der Waals surface area contributed by atoms with Crippen LogP contribution in [-0.4, -0.2) is 133 Å². The molecular weight excluding hydrogens is 927 g/mol. The molecule has 2 aliphatic carbocycles. The average Bonchev–Trinajstić information content (AvgIpc) is 4.15. The van der Waals surface area contributed by atoms with Crippen LogP contribution in [0.1, 0.15) is 55.6 Å². The second kappa shape index (κ2) is 18.3. The molecule has 25 heteroatoms. The van der Waals surface area contributed by atoms with Crippen LogP contribution in [0.3, 0.4) is 0 Å². The normalized spacial score (nSPS) is 18.4. The molecule has 0 bridgehead atoms. The number of quaternary nitrogens is 1. The summed E-state index contributed by atoms with van der Waals surface area (Å²) in [7, 11) is -1.88. The molecule has 2 saturated heterocycles. The first-order valence-corrected chi connectivity index (χ1v) is 23.6. The van der Waals surface area contributed by atoms with Crippen LogP contribution in [0.4, 0.5) is 49.9 Å². The first-order valence-electron chi connectivity index (χ1n) is 19.8. The third-order valence-corrected chi connectivity index (χ3v) is 15.5. The van der Waals surface area contributed by atoms with E-state index in [1.807, 2.05) is 0 Å². The number of morpholine rings is 2. The minimum atomic E-state index is -4.69. The first kappa shape index (κ1) is 51.6. The molecule has 8 rings (SSSR count). The molecule has 0 amide bonds. The number of hydrogen-bond acceptors (Lipinski definition) is 16. The quantitative estimate of drug-likeness (QED) is 0.102. The van der Waals surface area contributed by atoms with Crippen LogP contribution in [0.25, 0.3) is 22.5 Å². The minimum Gasteiger partial charge on any atom is -0.813 e. The van der Waals surface area contributed by atoms with Gasteiger partial charge in [-0.2, -0.15) is 26.3 Å². The van der Waals surface area contributed by atoms with E-state index < -0.39 is 52.6 Å². The maximum Gasteiger partial charge on any atom is 0.417 e. The van der Waals surface area contributed by atoms with Gasteiger partial charge in [0.05, 0.1) is 81.5 Å². The van der Waals surface area contributed by atoms with Crippen molar-refractivity contribution in [3.05, 3.63) is 59.2 Å². The van der Waals surface area contributed by atoms with Crippen LogP contribution in [0.2, 0.25) is 0 Å². The van der Waals surface area contributed by atoms with Crippen molar-refractivity contribution < 1.29 is 52.7 Å². The van der Waals surface area contributed by atoms with E-state index in [0.29, 0.717) is 78.3 Å². The van der Waals surface area contributed by atoms with Gasteiger partial charge in [0.1, 0.15) is 15.3 Å². The van der Waals surface area contributed by atoms with Gasteiger partial charge in [-0.25, -0.2) is 46.7 Å². The summed E-state index contributed by atoms with van der Waals surface area (Å²) in [6.07, 6.45) is -3.47. The van der Waals surface area contributed by atoms with Crippen LogP contribution >= 0.6 is 0 Å². The molecule has 0 aromatic carbocycles. The van der Waals surface area contributed by atoms with E-state index in [4.69, 9.17) is 15.2 Å². The lowest BCUT2D eigenvalue weighted by molar-refractivity contribution is -0.138. The molecule has 2 aliphatic heterocycles. The molecule has 6 heterocycles. The summed E-state index contributed by atoms with van der Waals surface area (Å²) < 4.78 is 142. The Labute approximate surface area is 380 Å². The fraction of sp³-hybridized carbons (Fsp3) is 0.550. The average molecular weight is 979 g/mol. The smallest absolute Gasteiger partial charge is 0.417 e. The number of anilines is 3. The van der Waals surface area contributed by atoms with Gasteiger partial charge in [-0.15, -0.1) is 0 Å². The Hall–Kier alpha value is -4.43. The number of sulfone groups is 2. The number of nitrogens with zero attached hydrogens (tertiary/aromatic N) is 9. The number of alkyl halides is 6. The molecule has 2 N–H and O–H groups in total. The van der Waals surface area contributed by atoms with Crippen LogP contribution in [-0.2, 0) is 64.5 Å². The van der Waals surface area contributed by atoms with Crippen molar-refractivity contribution in [1.29, 1.82) is 0 Å². The second-order valence-electron chi connectivity index (χ2n) is 16.9. The molecule has 4 aromatic rings. The summed E-state index contributed by atoms with van der Waals surface area (Å²) in [6.45, 7) is 3.48. The first-order chi connectivity index (χ1) is 29.2. The molecule has 358 valence electrons. The van der Waals surface area contributed by atoms with E-state index in [1.165, 1.54) is 12.1 Å². The lowest BCUT2D eigenvalue weighted by Crippen LogP contribution is -2.38. The van der Waals surface area contributed by atoms with Crippen LogP contribution in [0.5, 0.6) is 0 Å². The third kappa shape index (κ3) is 10.7. The summed E-state index contributed by atoms with van der Waals surface area (Å²) in [4.78, 5) is 29.4. The molecule has 65 heavy (non-hydrogen) atoms. The van der Waals surface area contributed by atoms with E-state index in [1.54, 1.807) is 30.9 Å². The zero-order valence-electron chi connectivity index (χ0n) is 35.5. The fourth-order valence-electron chi connectivity index (χ4n) is 7.44. The zero-order valence-corrected chi connectivity index (χ0v) is 38.1. The number of pyridine rings is 2. The summed E-state index contributed by atoms with van der Waals surface area (Å²) in [5, 5.41) is 0. The van der Waals surface area contributed by atoms with E-state index >= 15 is 0 Å². The Morgan fingerprint density at radius 2 is 1.00 bits per heavy atom. The van der Waals surface area contributed by atoms with Crippen molar-refractivity contribution in [3.8, 4) is 22.5 Å². The monoisotopic (exact) mass is 978 g/mol. The predicted octanol–water partition coefficient (Wildman–Crippen LogP) is 5.00. The maximum absolute atomic E-state index is 14.1. The van der Waals surface area contributed by atoms with Crippen LogP contribution < -0.4 is 20.0 Å². The van der Waals surface area contributed by atoms with Gasteiger partial charge in [0, 0.05) is 68.3 Å². The molecule has 0 unspecified atom stereocenters. The molecule has 4 fully saturated rings. The van der Waals surface area contributed by atoms with E-state index in [0.717, 1.165) is 37.0 Å². The highest BCUT2D eigenvalue weighted by Gasteiger charge is 2.56. The van der Waals surface area contributed by atoms with Crippen LogP contribution in [0.15, 0.2) is 36.7 Å². The van der Waals surface area contributed by atoms with Crippen molar-refractivity contribution in [2.75, 3.05) is 102 Å². The largest absolute Gasteiger partial charge is 0.813 e. The molecule has 4 aliphatic rings. The Kier molecular flexibility index (Phi) is 14.5. The topological polar surface area (TPSA) is 197 Å². The number of nitrogens with two attached hydrogens (primary N) is 1. The predicted molar refractivity (Wildman–Crippen MR) is 238 cm³/mol. The zero-order chi connectivity index (χ0) is 46.0. The third-order valence-electron chi connectivity index (χ3n) is 11.4.